The lowest BCUT2D eigenvalue weighted by molar-refractivity contribution is -0.119. The van der Waals surface area contributed by atoms with E-state index in [2.05, 4.69) is 21.6 Å². The number of thioether (sulfide) groups is 1. The molecule has 0 bridgehead atoms. The van der Waals surface area contributed by atoms with Gasteiger partial charge in [0, 0.05) is 11.1 Å². The molecule has 2 aromatic rings. The molecule has 0 aliphatic heterocycles. The summed E-state index contributed by atoms with van der Waals surface area (Å²) < 4.78 is 5.62. The van der Waals surface area contributed by atoms with Crippen LogP contribution >= 0.6 is 11.8 Å². The minimum Gasteiger partial charge on any atom is -0.411 e. The summed E-state index contributed by atoms with van der Waals surface area (Å²) in [6.07, 6.45) is 0. The van der Waals surface area contributed by atoms with Gasteiger partial charge in [0.25, 0.3) is 5.22 Å². The van der Waals surface area contributed by atoms with Crippen LogP contribution in [0.4, 0.5) is 0 Å². The van der Waals surface area contributed by atoms with Crippen molar-refractivity contribution in [2.24, 2.45) is 0 Å². The summed E-state index contributed by atoms with van der Waals surface area (Å²) in [6.45, 7) is 9.89. The topological polar surface area (TPSA) is 68.0 Å². The highest BCUT2D eigenvalue weighted by molar-refractivity contribution is 7.99. The van der Waals surface area contributed by atoms with Gasteiger partial charge in [-0.05, 0) is 46.8 Å². The Hall–Kier alpha value is -1.82. The predicted molar refractivity (Wildman–Crippen MR) is 87.8 cm³/mol. The monoisotopic (exact) mass is 319 g/mol. The van der Waals surface area contributed by atoms with Crippen LogP contribution in [0.5, 0.6) is 0 Å². The first-order valence-corrected chi connectivity index (χ1v) is 8.07. The highest BCUT2D eigenvalue weighted by Crippen LogP contribution is 2.24. The average Bonchev–Trinajstić information content (AvgIpc) is 2.82. The van der Waals surface area contributed by atoms with Crippen LogP contribution in [0.15, 0.2) is 27.8 Å². The Morgan fingerprint density at radius 2 is 1.82 bits per heavy atom. The molecule has 0 aliphatic rings. The third kappa shape index (κ3) is 4.87. The Balaban J connectivity index is 2.01. The van der Waals surface area contributed by atoms with Crippen LogP contribution in [0, 0.1) is 13.8 Å². The molecule has 1 N–H and O–H groups in total. The Kier molecular flexibility index (Phi) is 4.90. The summed E-state index contributed by atoms with van der Waals surface area (Å²) in [5.41, 5.74) is 2.95. The first-order valence-electron chi connectivity index (χ1n) is 7.09. The predicted octanol–water partition coefficient (Wildman–Crippen LogP) is 3.36. The molecular weight excluding hydrogens is 298 g/mol. The summed E-state index contributed by atoms with van der Waals surface area (Å²) in [5, 5.41) is 11.3. The van der Waals surface area contributed by atoms with Crippen molar-refractivity contribution in [1.82, 2.24) is 15.5 Å². The van der Waals surface area contributed by atoms with Gasteiger partial charge in [-0.3, -0.25) is 4.79 Å². The SMILES string of the molecule is Cc1cc(C)cc(-c2nnc(SCC(=O)NC(C)(C)C)o2)c1. The molecule has 22 heavy (non-hydrogen) atoms. The van der Waals surface area contributed by atoms with Crippen LogP contribution < -0.4 is 5.32 Å². The standard InChI is InChI=1S/C16H21N3O2S/c1-10-6-11(2)8-12(7-10)14-18-19-15(21-14)22-9-13(20)17-16(3,4)5/h6-8H,9H2,1-5H3,(H,17,20). The highest BCUT2D eigenvalue weighted by Gasteiger charge is 2.16. The third-order valence-electron chi connectivity index (χ3n) is 2.72. The molecule has 0 saturated heterocycles. The van der Waals surface area contributed by atoms with E-state index in [4.69, 9.17) is 4.42 Å². The van der Waals surface area contributed by atoms with E-state index in [-0.39, 0.29) is 17.2 Å². The largest absolute Gasteiger partial charge is 0.411 e. The van der Waals surface area contributed by atoms with E-state index < -0.39 is 0 Å². The van der Waals surface area contributed by atoms with Gasteiger partial charge < -0.3 is 9.73 Å². The number of carbonyl (C=O) groups excluding carboxylic acids is 1. The van der Waals surface area contributed by atoms with Gasteiger partial charge in [-0.15, -0.1) is 10.2 Å². The molecule has 2 rings (SSSR count). The van der Waals surface area contributed by atoms with Gasteiger partial charge in [-0.1, -0.05) is 29.0 Å². The maximum atomic E-state index is 11.8. The zero-order valence-corrected chi connectivity index (χ0v) is 14.4. The molecule has 0 radical (unpaired) electrons. The highest BCUT2D eigenvalue weighted by atomic mass is 32.2. The van der Waals surface area contributed by atoms with E-state index in [0.717, 1.165) is 16.7 Å². The number of hydrogen-bond acceptors (Lipinski definition) is 5. The molecule has 1 amide bonds. The molecule has 0 saturated carbocycles. The number of rotatable bonds is 4. The zero-order chi connectivity index (χ0) is 16.3. The van der Waals surface area contributed by atoms with Crippen molar-refractivity contribution >= 4 is 17.7 Å². The average molecular weight is 319 g/mol. The minimum absolute atomic E-state index is 0.0522. The van der Waals surface area contributed by atoms with Gasteiger partial charge in [-0.2, -0.15) is 0 Å². The van der Waals surface area contributed by atoms with Crippen molar-refractivity contribution in [3.63, 3.8) is 0 Å². The number of hydrogen-bond donors (Lipinski definition) is 1. The quantitative estimate of drug-likeness (QED) is 0.875. The molecule has 118 valence electrons. The fourth-order valence-corrected chi connectivity index (χ4v) is 2.63. The lowest BCUT2D eigenvalue weighted by Gasteiger charge is -2.19. The fourth-order valence-electron chi connectivity index (χ4n) is 2.06. The van der Waals surface area contributed by atoms with E-state index >= 15 is 0 Å². The smallest absolute Gasteiger partial charge is 0.277 e. The summed E-state index contributed by atoms with van der Waals surface area (Å²) in [7, 11) is 0. The summed E-state index contributed by atoms with van der Waals surface area (Å²) >= 11 is 1.24. The van der Waals surface area contributed by atoms with Gasteiger partial charge in [-0.25, -0.2) is 0 Å². The van der Waals surface area contributed by atoms with Gasteiger partial charge in [0.1, 0.15) is 0 Å². The molecule has 0 unspecified atom stereocenters. The van der Waals surface area contributed by atoms with Crippen molar-refractivity contribution in [3.05, 3.63) is 29.3 Å². The van der Waals surface area contributed by atoms with Gasteiger partial charge >= 0.3 is 0 Å². The molecular formula is C16H21N3O2S. The first kappa shape index (κ1) is 16.5. The van der Waals surface area contributed by atoms with Crippen molar-refractivity contribution in [2.75, 3.05) is 5.75 Å². The number of carbonyl (C=O) groups is 1. The second kappa shape index (κ2) is 6.52. The van der Waals surface area contributed by atoms with Crippen LogP contribution in [0.25, 0.3) is 11.5 Å². The van der Waals surface area contributed by atoms with Gasteiger partial charge in [0.15, 0.2) is 0 Å². The normalized spacial score (nSPS) is 11.5. The van der Waals surface area contributed by atoms with Crippen molar-refractivity contribution < 1.29 is 9.21 Å². The lowest BCUT2D eigenvalue weighted by atomic mass is 10.1. The van der Waals surface area contributed by atoms with E-state index in [1.54, 1.807) is 0 Å². The van der Waals surface area contributed by atoms with Crippen molar-refractivity contribution in [2.45, 2.75) is 45.4 Å². The molecule has 0 fully saturated rings. The number of nitrogens with zero attached hydrogens (tertiary/aromatic N) is 2. The van der Waals surface area contributed by atoms with Crippen molar-refractivity contribution in [3.8, 4) is 11.5 Å². The molecule has 1 heterocycles. The van der Waals surface area contributed by atoms with Crippen LogP contribution in [-0.4, -0.2) is 27.4 Å². The Morgan fingerprint density at radius 1 is 1.18 bits per heavy atom. The number of aryl methyl sites for hydroxylation is 2. The van der Waals surface area contributed by atoms with Crippen molar-refractivity contribution in [1.29, 1.82) is 0 Å². The maximum absolute atomic E-state index is 11.8. The Bertz CT molecular complexity index is 654. The van der Waals surface area contributed by atoms with E-state index in [1.165, 1.54) is 11.8 Å². The summed E-state index contributed by atoms with van der Waals surface area (Å²) in [6, 6.07) is 6.09. The fraction of sp³-hybridized carbons (Fsp3) is 0.438. The molecule has 0 aliphatic carbocycles. The van der Waals surface area contributed by atoms with Crippen LogP contribution in [0.2, 0.25) is 0 Å². The van der Waals surface area contributed by atoms with Crippen LogP contribution in [0.3, 0.4) is 0 Å². The number of amides is 1. The van der Waals surface area contributed by atoms with E-state index in [0.29, 0.717) is 11.1 Å². The van der Waals surface area contributed by atoms with E-state index in [9.17, 15) is 4.79 Å². The Labute approximate surface area is 134 Å². The molecule has 0 spiro atoms. The molecule has 6 heteroatoms. The summed E-state index contributed by atoms with van der Waals surface area (Å²) in [4.78, 5) is 11.8. The first-order chi connectivity index (χ1) is 10.2. The second-order valence-corrected chi connectivity index (χ2v) is 7.26. The zero-order valence-electron chi connectivity index (χ0n) is 13.6. The van der Waals surface area contributed by atoms with Crippen LogP contribution in [-0.2, 0) is 4.79 Å². The number of aromatic nitrogens is 2. The number of benzene rings is 1. The Morgan fingerprint density at radius 3 is 2.41 bits per heavy atom. The summed E-state index contributed by atoms with van der Waals surface area (Å²) in [5.74, 6) is 0.681. The van der Waals surface area contributed by atoms with Gasteiger partial charge in [0.2, 0.25) is 11.8 Å². The molecule has 5 nitrogen and oxygen atoms in total. The lowest BCUT2D eigenvalue weighted by Crippen LogP contribution is -2.41. The molecule has 1 aromatic carbocycles. The third-order valence-corrected chi connectivity index (χ3v) is 3.53. The maximum Gasteiger partial charge on any atom is 0.277 e. The minimum atomic E-state index is -0.239. The second-order valence-electron chi connectivity index (χ2n) is 6.34. The molecule has 0 atom stereocenters. The number of nitrogens with one attached hydrogen (secondary N) is 1. The van der Waals surface area contributed by atoms with E-state index in [1.807, 2.05) is 46.8 Å². The van der Waals surface area contributed by atoms with Gasteiger partial charge in [0.05, 0.1) is 5.75 Å². The van der Waals surface area contributed by atoms with Crippen LogP contribution in [0.1, 0.15) is 31.9 Å². The molecule has 1 aromatic heterocycles.